The Kier molecular flexibility index (Phi) is 3.57. The van der Waals surface area contributed by atoms with Crippen molar-refractivity contribution in [2.45, 2.75) is 19.4 Å². The molecular weight excluding hydrogens is 205 g/mol. The van der Waals surface area contributed by atoms with Gasteiger partial charge in [0.05, 0.1) is 6.26 Å². The zero-order valence-electron chi connectivity index (χ0n) is 9.37. The van der Waals surface area contributed by atoms with E-state index in [1.165, 1.54) is 0 Å². The van der Waals surface area contributed by atoms with Crippen molar-refractivity contribution < 1.29 is 8.81 Å². The standard InChI is InChI=1S/C13H16FNO/c1-2-15-12(9-14)8-10-3-4-13-11(7-10)5-6-16-13/h3-7,12,15H,2,8-9H2,1H3. The maximum atomic E-state index is 12.7. The van der Waals surface area contributed by atoms with Crippen LogP contribution in [0.3, 0.4) is 0 Å². The second-order valence-corrected chi connectivity index (χ2v) is 3.91. The minimum Gasteiger partial charge on any atom is -0.464 e. The van der Waals surface area contributed by atoms with Crippen LogP contribution in [0.25, 0.3) is 11.0 Å². The van der Waals surface area contributed by atoms with Gasteiger partial charge >= 0.3 is 0 Å². The molecule has 16 heavy (non-hydrogen) atoms. The van der Waals surface area contributed by atoms with Crippen LogP contribution in [0.2, 0.25) is 0 Å². The summed E-state index contributed by atoms with van der Waals surface area (Å²) >= 11 is 0. The molecule has 0 amide bonds. The van der Waals surface area contributed by atoms with E-state index in [0.717, 1.165) is 23.1 Å². The fraction of sp³-hybridized carbons (Fsp3) is 0.385. The molecule has 0 aliphatic rings. The van der Waals surface area contributed by atoms with E-state index >= 15 is 0 Å². The predicted molar refractivity (Wildman–Crippen MR) is 63.4 cm³/mol. The Balaban J connectivity index is 2.13. The SMILES string of the molecule is CCNC(CF)Cc1ccc2occc2c1. The van der Waals surface area contributed by atoms with Gasteiger partial charge in [-0.1, -0.05) is 13.0 Å². The number of fused-ring (bicyclic) bond motifs is 1. The number of furan rings is 1. The van der Waals surface area contributed by atoms with Crippen LogP contribution in [0.15, 0.2) is 34.9 Å². The second kappa shape index (κ2) is 5.12. The lowest BCUT2D eigenvalue weighted by atomic mass is 10.1. The third kappa shape index (κ3) is 2.42. The van der Waals surface area contributed by atoms with Gasteiger partial charge in [-0.3, -0.25) is 0 Å². The molecule has 0 saturated carbocycles. The minimum absolute atomic E-state index is 0.0886. The summed E-state index contributed by atoms with van der Waals surface area (Å²) in [6.45, 7) is 2.45. The van der Waals surface area contributed by atoms with Gasteiger partial charge < -0.3 is 9.73 Å². The fourth-order valence-corrected chi connectivity index (χ4v) is 1.90. The molecule has 1 aromatic carbocycles. The zero-order valence-corrected chi connectivity index (χ0v) is 9.37. The highest BCUT2D eigenvalue weighted by Crippen LogP contribution is 2.17. The third-order valence-corrected chi connectivity index (χ3v) is 2.68. The normalized spacial score (nSPS) is 13.1. The van der Waals surface area contributed by atoms with E-state index in [9.17, 15) is 4.39 Å². The summed E-state index contributed by atoms with van der Waals surface area (Å²) < 4.78 is 18.0. The molecule has 1 N–H and O–H groups in total. The van der Waals surface area contributed by atoms with Gasteiger partial charge in [-0.05, 0) is 36.7 Å². The molecule has 0 bridgehead atoms. The van der Waals surface area contributed by atoms with Gasteiger partial charge in [-0.2, -0.15) is 0 Å². The maximum Gasteiger partial charge on any atom is 0.133 e. The van der Waals surface area contributed by atoms with Crippen molar-refractivity contribution in [1.82, 2.24) is 5.32 Å². The molecule has 0 fully saturated rings. The van der Waals surface area contributed by atoms with E-state index in [1.807, 2.05) is 25.1 Å². The molecule has 1 atom stereocenters. The number of rotatable bonds is 5. The van der Waals surface area contributed by atoms with Gasteiger partial charge in [-0.15, -0.1) is 0 Å². The van der Waals surface area contributed by atoms with Crippen LogP contribution in [-0.2, 0) is 6.42 Å². The van der Waals surface area contributed by atoms with E-state index in [0.29, 0.717) is 6.42 Å². The molecular formula is C13H16FNO. The summed E-state index contributed by atoms with van der Waals surface area (Å²) in [7, 11) is 0. The molecule has 1 aromatic heterocycles. The number of alkyl halides is 1. The quantitative estimate of drug-likeness (QED) is 0.839. The van der Waals surface area contributed by atoms with Crippen molar-refractivity contribution in [3.8, 4) is 0 Å². The number of hydrogen-bond acceptors (Lipinski definition) is 2. The number of likely N-dealkylation sites (N-methyl/N-ethyl adjacent to an activating group) is 1. The first-order chi connectivity index (χ1) is 7.83. The smallest absolute Gasteiger partial charge is 0.133 e. The highest BCUT2D eigenvalue weighted by atomic mass is 19.1. The molecule has 2 nitrogen and oxygen atoms in total. The monoisotopic (exact) mass is 221 g/mol. The maximum absolute atomic E-state index is 12.7. The van der Waals surface area contributed by atoms with Gasteiger partial charge in [0, 0.05) is 11.4 Å². The van der Waals surface area contributed by atoms with Gasteiger partial charge in [-0.25, -0.2) is 4.39 Å². The second-order valence-electron chi connectivity index (χ2n) is 3.91. The first-order valence-electron chi connectivity index (χ1n) is 5.59. The van der Waals surface area contributed by atoms with Crippen molar-refractivity contribution in [3.63, 3.8) is 0 Å². The van der Waals surface area contributed by atoms with Gasteiger partial charge in [0.15, 0.2) is 0 Å². The summed E-state index contributed by atoms with van der Waals surface area (Å²) in [5, 5.41) is 4.20. The van der Waals surface area contributed by atoms with E-state index in [4.69, 9.17) is 4.42 Å². The molecule has 0 radical (unpaired) electrons. The van der Waals surface area contributed by atoms with Crippen LogP contribution in [0.5, 0.6) is 0 Å². The van der Waals surface area contributed by atoms with Crippen LogP contribution in [0.1, 0.15) is 12.5 Å². The van der Waals surface area contributed by atoms with Crippen LogP contribution >= 0.6 is 0 Å². The summed E-state index contributed by atoms with van der Waals surface area (Å²) in [5.74, 6) is 0. The lowest BCUT2D eigenvalue weighted by Gasteiger charge is -2.13. The van der Waals surface area contributed by atoms with Crippen LogP contribution in [0.4, 0.5) is 4.39 Å². The molecule has 1 unspecified atom stereocenters. The topological polar surface area (TPSA) is 25.2 Å². The molecule has 2 aromatic rings. The third-order valence-electron chi connectivity index (χ3n) is 2.68. The Labute approximate surface area is 94.4 Å². The van der Waals surface area contributed by atoms with Crippen LogP contribution in [0, 0.1) is 0 Å². The highest BCUT2D eigenvalue weighted by Gasteiger charge is 2.08. The zero-order chi connectivity index (χ0) is 11.4. The van der Waals surface area contributed by atoms with E-state index in [1.54, 1.807) is 6.26 Å². The number of halogens is 1. The Bertz CT molecular complexity index is 452. The lowest BCUT2D eigenvalue weighted by molar-refractivity contribution is 0.377. The summed E-state index contributed by atoms with van der Waals surface area (Å²) in [5.41, 5.74) is 2.02. The average Bonchev–Trinajstić information content (AvgIpc) is 2.75. The van der Waals surface area contributed by atoms with Gasteiger partial charge in [0.2, 0.25) is 0 Å². The summed E-state index contributed by atoms with van der Waals surface area (Å²) in [6, 6.07) is 7.82. The van der Waals surface area contributed by atoms with Gasteiger partial charge in [0.1, 0.15) is 12.3 Å². The molecule has 0 aliphatic carbocycles. The number of benzene rings is 1. The van der Waals surface area contributed by atoms with Crippen LogP contribution in [-0.4, -0.2) is 19.3 Å². The molecule has 1 heterocycles. The predicted octanol–water partition coefficient (Wildman–Crippen LogP) is 2.92. The van der Waals surface area contributed by atoms with Crippen molar-refractivity contribution in [3.05, 3.63) is 36.1 Å². The van der Waals surface area contributed by atoms with E-state index < -0.39 is 0 Å². The molecule has 86 valence electrons. The number of nitrogens with one attached hydrogen (secondary N) is 1. The van der Waals surface area contributed by atoms with Crippen molar-refractivity contribution in [2.75, 3.05) is 13.2 Å². The molecule has 0 saturated heterocycles. The van der Waals surface area contributed by atoms with Crippen molar-refractivity contribution in [2.24, 2.45) is 0 Å². The fourth-order valence-electron chi connectivity index (χ4n) is 1.90. The molecule has 2 rings (SSSR count). The number of hydrogen-bond donors (Lipinski definition) is 1. The first kappa shape index (κ1) is 11.1. The Morgan fingerprint density at radius 3 is 3.00 bits per heavy atom. The largest absolute Gasteiger partial charge is 0.464 e. The van der Waals surface area contributed by atoms with Crippen molar-refractivity contribution in [1.29, 1.82) is 0 Å². The highest BCUT2D eigenvalue weighted by molar-refractivity contribution is 5.77. The van der Waals surface area contributed by atoms with E-state index in [-0.39, 0.29) is 12.7 Å². The Morgan fingerprint density at radius 2 is 2.25 bits per heavy atom. The summed E-state index contributed by atoms with van der Waals surface area (Å²) in [6.07, 6.45) is 2.39. The molecule has 0 spiro atoms. The van der Waals surface area contributed by atoms with Crippen LogP contribution < -0.4 is 5.32 Å². The Hall–Kier alpha value is -1.35. The van der Waals surface area contributed by atoms with Crippen molar-refractivity contribution >= 4 is 11.0 Å². The summed E-state index contributed by atoms with van der Waals surface area (Å²) in [4.78, 5) is 0. The Morgan fingerprint density at radius 1 is 1.38 bits per heavy atom. The first-order valence-corrected chi connectivity index (χ1v) is 5.59. The average molecular weight is 221 g/mol. The molecule has 0 aliphatic heterocycles. The minimum atomic E-state index is -0.336. The molecule has 3 heteroatoms. The lowest BCUT2D eigenvalue weighted by Crippen LogP contribution is -2.32. The van der Waals surface area contributed by atoms with Gasteiger partial charge in [0.25, 0.3) is 0 Å². The van der Waals surface area contributed by atoms with E-state index in [2.05, 4.69) is 11.4 Å².